The van der Waals surface area contributed by atoms with E-state index in [1.807, 2.05) is 78.6 Å². The Hall–Kier alpha value is -2.87. The van der Waals surface area contributed by atoms with E-state index in [0.29, 0.717) is 12.1 Å². The van der Waals surface area contributed by atoms with Crippen LogP contribution in [-0.4, -0.2) is 5.91 Å². The van der Waals surface area contributed by atoms with Crippen LogP contribution in [0.2, 0.25) is 0 Å². The highest BCUT2D eigenvalue weighted by Crippen LogP contribution is 2.21. The van der Waals surface area contributed by atoms with Crippen LogP contribution in [0.3, 0.4) is 0 Å². The minimum absolute atomic E-state index is 0.0180. The Morgan fingerprint density at radius 2 is 1.42 bits per heavy atom. The summed E-state index contributed by atoms with van der Waals surface area (Å²) in [5.74, 6) is 0.0180. The minimum Gasteiger partial charge on any atom is -0.304 e. The summed E-state index contributed by atoms with van der Waals surface area (Å²) in [6.07, 6.45) is 0. The van der Waals surface area contributed by atoms with E-state index in [0.717, 1.165) is 16.8 Å². The summed E-state index contributed by atoms with van der Waals surface area (Å²) in [5, 5.41) is 0. The molecule has 24 heavy (non-hydrogen) atoms. The van der Waals surface area contributed by atoms with E-state index in [9.17, 15) is 4.79 Å². The minimum atomic E-state index is 0.0180. The van der Waals surface area contributed by atoms with E-state index in [1.165, 1.54) is 5.56 Å². The first-order valence-corrected chi connectivity index (χ1v) is 8.13. The van der Waals surface area contributed by atoms with Crippen molar-refractivity contribution in [1.82, 2.24) is 0 Å². The van der Waals surface area contributed by atoms with Crippen molar-refractivity contribution >= 4 is 11.6 Å². The van der Waals surface area contributed by atoms with E-state index in [4.69, 9.17) is 0 Å². The number of nitrogens with zero attached hydrogens (tertiary/aromatic N) is 1. The molecule has 0 N–H and O–H groups in total. The van der Waals surface area contributed by atoms with E-state index in [2.05, 4.69) is 19.1 Å². The van der Waals surface area contributed by atoms with E-state index < -0.39 is 0 Å². The molecule has 0 saturated carbocycles. The lowest BCUT2D eigenvalue weighted by molar-refractivity contribution is 0.0985. The van der Waals surface area contributed by atoms with Crippen molar-refractivity contribution in [3.05, 3.63) is 101 Å². The predicted molar refractivity (Wildman–Crippen MR) is 99.3 cm³/mol. The Balaban J connectivity index is 1.97. The third-order valence-electron chi connectivity index (χ3n) is 4.20. The lowest BCUT2D eigenvalue weighted by Gasteiger charge is -2.24. The number of carbonyl (C=O) groups is 1. The molecule has 3 aromatic rings. The van der Waals surface area contributed by atoms with Crippen molar-refractivity contribution in [3.8, 4) is 0 Å². The number of anilines is 1. The van der Waals surface area contributed by atoms with Gasteiger partial charge in [-0.25, -0.2) is 0 Å². The molecule has 0 heterocycles. The fraction of sp³-hybridized carbons (Fsp3) is 0.136. The van der Waals surface area contributed by atoms with Gasteiger partial charge >= 0.3 is 0 Å². The van der Waals surface area contributed by atoms with Crippen LogP contribution in [0.5, 0.6) is 0 Å². The first-order valence-electron chi connectivity index (χ1n) is 8.13. The van der Waals surface area contributed by atoms with Gasteiger partial charge in [0.05, 0.1) is 6.54 Å². The highest BCUT2D eigenvalue weighted by Gasteiger charge is 2.18. The van der Waals surface area contributed by atoms with Crippen LogP contribution in [0.25, 0.3) is 0 Å². The molecule has 3 rings (SSSR count). The van der Waals surface area contributed by atoms with Gasteiger partial charge < -0.3 is 4.90 Å². The number of rotatable bonds is 4. The van der Waals surface area contributed by atoms with E-state index >= 15 is 0 Å². The van der Waals surface area contributed by atoms with Gasteiger partial charge in [-0.2, -0.15) is 0 Å². The SMILES string of the molecule is Cc1ccc(C(=O)N(Cc2ccccc2C)c2ccccc2)cc1. The van der Waals surface area contributed by atoms with Crippen molar-refractivity contribution in [2.75, 3.05) is 4.90 Å². The van der Waals surface area contributed by atoms with Crippen molar-refractivity contribution < 1.29 is 4.79 Å². The molecule has 0 fully saturated rings. The van der Waals surface area contributed by atoms with Crippen LogP contribution in [0.4, 0.5) is 5.69 Å². The summed E-state index contributed by atoms with van der Waals surface area (Å²) < 4.78 is 0. The van der Waals surface area contributed by atoms with Crippen LogP contribution < -0.4 is 4.90 Å². The number of aryl methyl sites for hydroxylation is 2. The summed E-state index contributed by atoms with van der Waals surface area (Å²) in [4.78, 5) is 14.9. The summed E-state index contributed by atoms with van der Waals surface area (Å²) >= 11 is 0. The predicted octanol–water partition coefficient (Wildman–Crippen LogP) is 5.15. The van der Waals surface area contributed by atoms with Gasteiger partial charge in [0, 0.05) is 11.3 Å². The highest BCUT2D eigenvalue weighted by molar-refractivity contribution is 6.06. The van der Waals surface area contributed by atoms with Crippen LogP contribution in [0.1, 0.15) is 27.0 Å². The topological polar surface area (TPSA) is 20.3 Å². The van der Waals surface area contributed by atoms with Gasteiger partial charge in [0.15, 0.2) is 0 Å². The fourth-order valence-electron chi connectivity index (χ4n) is 2.70. The number of para-hydroxylation sites is 1. The number of hydrogen-bond donors (Lipinski definition) is 0. The average Bonchev–Trinajstić information content (AvgIpc) is 2.62. The van der Waals surface area contributed by atoms with Crippen molar-refractivity contribution in [3.63, 3.8) is 0 Å². The zero-order valence-corrected chi connectivity index (χ0v) is 14.1. The van der Waals surface area contributed by atoms with E-state index in [1.54, 1.807) is 0 Å². The molecule has 0 aliphatic carbocycles. The fourth-order valence-corrected chi connectivity index (χ4v) is 2.70. The molecule has 0 aromatic heterocycles. The van der Waals surface area contributed by atoms with Crippen molar-refractivity contribution in [2.24, 2.45) is 0 Å². The standard InChI is InChI=1S/C22H21NO/c1-17-12-14-19(15-13-17)22(24)23(21-10-4-3-5-11-21)16-20-9-7-6-8-18(20)2/h3-15H,16H2,1-2H3. The number of carbonyl (C=O) groups excluding carboxylic acids is 1. The smallest absolute Gasteiger partial charge is 0.258 e. The Kier molecular flexibility index (Phi) is 4.76. The molecular weight excluding hydrogens is 294 g/mol. The van der Waals surface area contributed by atoms with Crippen molar-refractivity contribution in [2.45, 2.75) is 20.4 Å². The third kappa shape index (κ3) is 3.54. The number of hydrogen-bond acceptors (Lipinski definition) is 1. The molecule has 0 saturated heterocycles. The largest absolute Gasteiger partial charge is 0.304 e. The maximum absolute atomic E-state index is 13.1. The summed E-state index contributed by atoms with van der Waals surface area (Å²) in [5.41, 5.74) is 5.11. The van der Waals surface area contributed by atoms with Crippen molar-refractivity contribution in [1.29, 1.82) is 0 Å². The van der Waals surface area contributed by atoms with Gasteiger partial charge in [0.25, 0.3) is 5.91 Å². The average molecular weight is 315 g/mol. The molecule has 120 valence electrons. The molecular formula is C22H21NO. The molecule has 2 nitrogen and oxygen atoms in total. The zero-order valence-electron chi connectivity index (χ0n) is 14.1. The second kappa shape index (κ2) is 7.14. The Morgan fingerprint density at radius 1 is 0.792 bits per heavy atom. The number of benzene rings is 3. The summed E-state index contributed by atoms with van der Waals surface area (Å²) in [6.45, 7) is 4.66. The molecule has 2 heteroatoms. The molecule has 0 atom stereocenters. The number of amides is 1. The zero-order chi connectivity index (χ0) is 16.9. The normalized spacial score (nSPS) is 10.4. The molecule has 0 aliphatic rings. The summed E-state index contributed by atoms with van der Waals surface area (Å²) in [7, 11) is 0. The van der Waals surface area contributed by atoms with Gasteiger partial charge in [-0.1, -0.05) is 60.2 Å². The first kappa shape index (κ1) is 16.0. The van der Waals surface area contributed by atoms with Gasteiger partial charge in [-0.05, 0) is 49.2 Å². The van der Waals surface area contributed by atoms with Gasteiger partial charge in [0.2, 0.25) is 0 Å². The molecule has 0 unspecified atom stereocenters. The van der Waals surface area contributed by atoms with Gasteiger partial charge in [0.1, 0.15) is 0 Å². The first-order chi connectivity index (χ1) is 11.6. The van der Waals surface area contributed by atoms with Crippen LogP contribution >= 0.6 is 0 Å². The molecule has 0 spiro atoms. The molecule has 0 bridgehead atoms. The van der Waals surface area contributed by atoms with Crippen LogP contribution in [0.15, 0.2) is 78.9 Å². The van der Waals surface area contributed by atoms with Gasteiger partial charge in [-0.3, -0.25) is 4.79 Å². The second-order valence-electron chi connectivity index (χ2n) is 6.02. The molecule has 1 amide bonds. The lowest BCUT2D eigenvalue weighted by Crippen LogP contribution is -2.30. The van der Waals surface area contributed by atoms with Crippen LogP contribution in [-0.2, 0) is 6.54 Å². The molecule has 3 aromatic carbocycles. The van der Waals surface area contributed by atoms with Crippen LogP contribution in [0, 0.1) is 13.8 Å². The maximum Gasteiger partial charge on any atom is 0.258 e. The highest BCUT2D eigenvalue weighted by atomic mass is 16.2. The molecule has 0 radical (unpaired) electrons. The second-order valence-corrected chi connectivity index (χ2v) is 6.02. The third-order valence-corrected chi connectivity index (χ3v) is 4.20. The Labute approximate surface area is 143 Å². The lowest BCUT2D eigenvalue weighted by atomic mass is 10.1. The monoisotopic (exact) mass is 315 g/mol. The molecule has 0 aliphatic heterocycles. The maximum atomic E-state index is 13.1. The van der Waals surface area contributed by atoms with Gasteiger partial charge in [-0.15, -0.1) is 0 Å². The quantitative estimate of drug-likeness (QED) is 0.652. The Morgan fingerprint density at radius 3 is 2.08 bits per heavy atom. The Bertz CT molecular complexity index is 822. The van der Waals surface area contributed by atoms with E-state index in [-0.39, 0.29) is 5.91 Å². The summed E-state index contributed by atoms with van der Waals surface area (Å²) in [6, 6.07) is 25.8.